The Morgan fingerprint density at radius 1 is 1.44 bits per heavy atom. The van der Waals surface area contributed by atoms with E-state index in [0.717, 1.165) is 0 Å². The van der Waals surface area contributed by atoms with Crippen LogP contribution < -0.4 is 0 Å². The summed E-state index contributed by atoms with van der Waals surface area (Å²) in [5.41, 5.74) is 0.703. The van der Waals surface area contributed by atoms with Crippen molar-refractivity contribution in [3.63, 3.8) is 0 Å². The second kappa shape index (κ2) is 4.95. The summed E-state index contributed by atoms with van der Waals surface area (Å²) < 4.78 is 36.7. The van der Waals surface area contributed by atoms with E-state index in [0.29, 0.717) is 18.0 Å². The highest BCUT2D eigenvalue weighted by Gasteiger charge is 2.29. The molecule has 90 valence electrons. The Hall–Kier alpha value is -0.910. The fraction of sp³-hybridized carbons (Fsp3) is 0.600. The molecule has 16 heavy (non-hydrogen) atoms. The average Bonchev–Trinajstić information content (AvgIpc) is 1.96. The van der Waals surface area contributed by atoms with Gasteiger partial charge in [-0.05, 0) is 18.4 Å². The molecule has 0 aliphatic carbocycles. The Bertz CT molecular complexity index is 409. The van der Waals surface area contributed by atoms with Gasteiger partial charge in [-0.1, -0.05) is 26.1 Å². The van der Waals surface area contributed by atoms with Crippen molar-refractivity contribution >= 4 is 12.2 Å². The lowest BCUT2D eigenvalue weighted by Crippen LogP contribution is -2.15. The molecule has 0 amide bonds. The molecule has 0 saturated heterocycles. The Balaban J connectivity index is 2.94. The van der Waals surface area contributed by atoms with Crippen LogP contribution >= 0.6 is 12.2 Å². The summed E-state index contributed by atoms with van der Waals surface area (Å²) >= 11 is 4.83. The molecule has 0 spiro atoms. The summed E-state index contributed by atoms with van der Waals surface area (Å²) in [5, 5.41) is 0. The summed E-state index contributed by atoms with van der Waals surface area (Å²) in [4.78, 5) is 6.34. The molecule has 1 aromatic rings. The van der Waals surface area contributed by atoms with Gasteiger partial charge in [0.05, 0.1) is 0 Å². The maximum absolute atomic E-state index is 12.2. The average molecular weight is 250 g/mol. The highest BCUT2D eigenvalue weighted by atomic mass is 32.1. The summed E-state index contributed by atoms with van der Waals surface area (Å²) in [7, 11) is 0. The van der Waals surface area contributed by atoms with Crippen molar-refractivity contribution in [1.82, 2.24) is 9.97 Å². The van der Waals surface area contributed by atoms with Crippen molar-refractivity contribution in [2.24, 2.45) is 5.92 Å². The van der Waals surface area contributed by atoms with Crippen LogP contribution in [-0.2, 0) is 12.8 Å². The second-order valence-corrected chi connectivity index (χ2v) is 4.50. The zero-order valence-corrected chi connectivity index (χ0v) is 9.87. The smallest absolute Gasteiger partial charge is 0.347 e. The van der Waals surface area contributed by atoms with Crippen molar-refractivity contribution in [3.8, 4) is 0 Å². The fourth-order valence-electron chi connectivity index (χ4n) is 1.39. The first-order valence-electron chi connectivity index (χ1n) is 4.92. The molecule has 2 nitrogen and oxygen atoms in total. The first kappa shape index (κ1) is 13.2. The van der Waals surface area contributed by atoms with Crippen LogP contribution in [0.4, 0.5) is 13.2 Å². The molecule has 0 aliphatic heterocycles. The lowest BCUT2D eigenvalue weighted by molar-refractivity contribution is -0.128. The Morgan fingerprint density at radius 3 is 2.56 bits per heavy atom. The minimum atomic E-state index is -4.26. The van der Waals surface area contributed by atoms with Crippen molar-refractivity contribution < 1.29 is 13.2 Å². The van der Waals surface area contributed by atoms with Gasteiger partial charge >= 0.3 is 6.18 Å². The molecule has 0 bridgehead atoms. The summed E-state index contributed by atoms with van der Waals surface area (Å²) in [5.74, 6) is 0.238. The number of rotatable bonds is 3. The second-order valence-electron chi connectivity index (χ2n) is 4.08. The van der Waals surface area contributed by atoms with Gasteiger partial charge < -0.3 is 4.98 Å². The maximum Gasteiger partial charge on any atom is 0.396 e. The molecule has 0 atom stereocenters. The number of aromatic nitrogens is 2. The van der Waals surface area contributed by atoms with Crippen LogP contribution in [0.25, 0.3) is 0 Å². The fourth-order valence-corrected chi connectivity index (χ4v) is 1.64. The van der Waals surface area contributed by atoms with Crippen molar-refractivity contribution in [1.29, 1.82) is 0 Å². The quantitative estimate of drug-likeness (QED) is 0.832. The molecule has 0 radical (unpaired) electrons. The van der Waals surface area contributed by atoms with Crippen LogP contribution in [0.3, 0.4) is 0 Å². The van der Waals surface area contributed by atoms with E-state index >= 15 is 0 Å². The molecule has 1 aromatic heterocycles. The van der Waals surface area contributed by atoms with Crippen LogP contribution in [0, 0.1) is 10.6 Å². The lowest BCUT2D eigenvalue weighted by Gasteiger charge is -2.09. The minimum Gasteiger partial charge on any atom is -0.347 e. The van der Waals surface area contributed by atoms with E-state index in [1.54, 1.807) is 6.07 Å². The van der Waals surface area contributed by atoms with Crippen LogP contribution in [0.2, 0.25) is 0 Å². The zero-order chi connectivity index (χ0) is 12.3. The number of nitrogens with zero attached hydrogens (tertiary/aromatic N) is 1. The molecule has 0 saturated carbocycles. The molecule has 1 heterocycles. The number of aromatic amines is 1. The number of H-pyrrole nitrogens is 1. The van der Waals surface area contributed by atoms with E-state index in [-0.39, 0.29) is 10.5 Å². The highest BCUT2D eigenvalue weighted by molar-refractivity contribution is 7.71. The predicted octanol–water partition coefficient (Wildman–Crippen LogP) is 3.44. The van der Waals surface area contributed by atoms with Gasteiger partial charge in [-0.25, -0.2) is 4.98 Å². The van der Waals surface area contributed by atoms with Gasteiger partial charge in [-0.15, -0.1) is 0 Å². The summed E-state index contributed by atoms with van der Waals surface area (Å²) in [6.07, 6.45) is -4.67. The molecule has 0 aromatic carbocycles. The van der Waals surface area contributed by atoms with E-state index < -0.39 is 12.6 Å². The van der Waals surface area contributed by atoms with Crippen LogP contribution in [0.1, 0.15) is 25.4 Å². The molecule has 0 fully saturated rings. The van der Waals surface area contributed by atoms with E-state index in [2.05, 4.69) is 9.97 Å². The topological polar surface area (TPSA) is 28.7 Å². The van der Waals surface area contributed by atoms with Gasteiger partial charge in [0.15, 0.2) is 0 Å². The Morgan fingerprint density at radius 2 is 2.06 bits per heavy atom. The third kappa shape index (κ3) is 4.74. The van der Waals surface area contributed by atoms with E-state index in [1.807, 2.05) is 13.8 Å². The number of nitrogens with one attached hydrogen (secondary N) is 1. The van der Waals surface area contributed by atoms with Gasteiger partial charge in [-0.2, -0.15) is 13.2 Å². The Kier molecular flexibility index (Phi) is 4.07. The Labute approximate surface area is 96.9 Å². The molecule has 0 aliphatic rings. The van der Waals surface area contributed by atoms with E-state index in [1.165, 1.54) is 0 Å². The third-order valence-electron chi connectivity index (χ3n) is 1.84. The summed E-state index contributed by atoms with van der Waals surface area (Å²) in [6.45, 7) is 3.97. The first-order valence-corrected chi connectivity index (χ1v) is 5.33. The highest BCUT2D eigenvalue weighted by Crippen LogP contribution is 2.19. The van der Waals surface area contributed by atoms with E-state index in [9.17, 15) is 13.2 Å². The normalized spacial score (nSPS) is 12.1. The molecular formula is C10H13F3N2S. The summed E-state index contributed by atoms with van der Waals surface area (Å²) in [6, 6.07) is 1.61. The van der Waals surface area contributed by atoms with Crippen molar-refractivity contribution in [2.45, 2.75) is 32.9 Å². The molecule has 0 unspecified atom stereocenters. The van der Waals surface area contributed by atoms with Crippen LogP contribution in [-0.4, -0.2) is 16.1 Å². The monoisotopic (exact) mass is 250 g/mol. The predicted molar refractivity (Wildman–Crippen MR) is 57.7 cm³/mol. The SMILES string of the molecule is CC(C)Cc1cc(=S)nc(CC(F)(F)F)[nH]1. The zero-order valence-electron chi connectivity index (χ0n) is 9.06. The first-order chi connectivity index (χ1) is 7.26. The van der Waals surface area contributed by atoms with Gasteiger partial charge in [0.25, 0.3) is 0 Å². The van der Waals surface area contributed by atoms with Crippen LogP contribution in [0.5, 0.6) is 0 Å². The van der Waals surface area contributed by atoms with Gasteiger partial charge in [-0.3, -0.25) is 0 Å². The number of hydrogen-bond donors (Lipinski definition) is 1. The maximum atomic E-state index is 12.2. The van der Waals surface area contributed by atoms with E-state index in [4.69, 9.17) is 12.2 Å². The molecular weight excluding hydrogens is 237 g/mol. The van der Waals surface area contributed by atoms with Gasteiger partial charge in [0.2, 0.25) is 0 Å². The standard InChI is InChI=1S/C10H13F3N2S/c1-6(2)3-7-4-9(16)15-8(14-7)5-10(11,12)13/h4,6H,3,5H2,1-2H3,(H,14,15,16). The van der Waals surface area contributed by atoms with Gasteiger partial charge in [0, 0.05) is 5.69 Å². The number of alkyl halides is 3. The van der Waals surface area contributed by atoms with Gasteiger partial charge in [0.1, 0.15) is 16.9 Å². The molecule has 6 heteroatoms. The number of hydrogen-bond acceptors (Lipinski definition) is 2. The minimum absolute atomic E-state index is 0.115. The lowest BCUT2D eigenvalue weighted by atomic mass is 10.1. The van der Waals surface area contributed by atoms with Crippen LogP contribution in [0.15, 0.2) is 6.07 Å². The molecule has 1 rings (SSSR count). The van der Waals surface area contributed by atoms with Crippen molar-refractivity contribution in [3.05, 3.63) is 22.2 Å². The van der Waals surface area contributed by atoms with Crippen molar-refractivity contribution in [2.75, 3.05) is 0 Å². The molecule has 1 N–H and O–H groups in total. The third-order valence-corrected chi connectivity index (χ3v) is 2.05. The largest absolute Gasteiger partial charge is 0.396 e. The number of halogens is 3.